The number of esters is 1. The summed E-state index contributed by atoms with van der Waals surface area (Å²) in [6, 6.07) is 6.91. The van der Waals surface area contributed by atoms with Crippen molar-refractivity contribution in [1.29, 1.82) is 0 Å². The summed E-state index contributed by atoms with van der Waals surface area (Å²) in [5.41, 5.74) is 0.844. The highest BCUT2D eigenvalue weighted by molar-refractivity contribution is 7.99. The number of fused-ring (bicyclic) bond motifs is 1. The maximum Gasteiger partial charge on any atom is 0.321 e. The van der Waals surface area contributed by atoms with Gasteiger partial charge < -0.3 is 14.5 Å². The molecule has 2 aromatic heterocycles. The Hall–Kier alpha value is -2.32. The average Bonchev–Trinajstić information content (AvgIpc) is 2.91. The van der Waals surface area contributed by atoms with Crippen LogP contribution in [0.5, 0.6) is 11.5 Å². The number of hydrogen-bond donors (Lipinski definition) is 1. The number of rotatable bonds is 7. The first kappa shape index (κ1) is 19.4. The van der Waals surface area contributed by atoms with Crippen molar-refractivity contribution in [2.24, 2.45) is 0 Å². The monoisotopic (exact) mass is 404 g/mol. The Bertz CT molecular complexity index is 1010. The van der Waals surface area contributed by atoms with Crippen LogP contribution in [0.15, 0.2) is 29.1 Å². The van der Waals surface area contributed by atoms with E-state index >= 15 is 0 Å². The van der Waals surface area contributed by atoms with Gasteiger partial charge in [0.25, 0.3) is 5.56 Å². The van der Waals surface area contributed by atoms with Gasteiger partial charge in [0.15, 0.2) is 0 Å². The summed E-state index contributed by atoms with van der Waals surface area (Å²) in [5, 5.41) is 0.654. The van der Waals surface area contributed by atoms with Crippen LogP contribution in [-0.2, 0) is 10.5 Å². The summed E-state index contributed by atoms with van der Waals surface area (Å²) in [4.78, 5) is 33.3. The molecule has 1 aromatic carbocycles. The highest BCUT2D eigenvalue weighted by atomic mass is 32.2. The van der Waals surface area contributed by atoms with Crippen LogP contribution in [0.2, 0.25) is 0 Å². The minimum absolute atomic E-state index is 0.130. The molecule has 0 bridgehead atoms. The van der Waals surface area contributed by atoms with Gasteiger partial charge in [-0.05, 0) is 50.6 Å². The first-order valence-electron chi connectivity index (χ1n) is 8.48. The fourth-order valence-corrected chi connectivity index (χ4v) is 4.24. The number of hydrogen-bond acceptors (Lipinski definition) is 7. The zero-order valence-corrected chi connectivity index (χ0v) is 17.0. The molecule has 0 spiro atoms. The van der Waals surface area contributed by atoms with Crippen molar-refractivity contribution in [1.82, 2.24) is 9.97 Å². The Labute approximate surface area is 164 Å². The number of aromatic amines is 1. The smallest absolute Gasteiger partial charge is 0.321 e. The predicted molar refractivity (Wildman–Crippen MR) is 109 cm³/mol. The molecule has 0 aliphatic rings. The second-order valence-corrected chi connectivity index (χ2v) is 8.04. The molecule has 27 heavy (non-hydrogen) atoms. The first-order chi connectivity index (χ1) is 13.0. The van der Waals surface area contributed by atoms with Crippen LogP contribution in [0.3, 0.4) is 0 Å². The predicted octanol–water partition coefficient (Wildman–Crippen LogP) is 3.84. The van der Waals surface area contributed by atoms with E-state index in [1.54, 1.807) is 24.3 Å². The van der Waals surface area contributed by atoms with E-state index in [0.717, 1.165) is 21.0 Å². The Balaban J connectivity index is 1.55. The number of ether oxygens (including phenoxy) is 2. The Morgan fingerprint density at radius 1 is 1.22 bits per heavy atom. The highest BCUT2D eigenvalue weighted by Gasteiger charge is 2.12. The largest absolute Gasteiger partial charge is 0.494 e. The number of H-pyrrole nitrogens is 1. The summed E-state index contributed by atoms with van der Waals surface area (Å²) in [7, 11) is 0. The van der Waals surface area contributed by atoms with Gasteiger partial charge in [-0.2, -0.15) is 0 Å². The third-order valence-electron chi connectivity index (χ3n) is 3.91. The average molecular weight is 405 g/mol. The lowest BCUT2D eigenvalue weighted by atomic mass is 10.2. The van der Waals surface area contributed by atoms with Gasteiger partial charge in [0.05, 0.1) is 23.5 Å². The van der Waals surface area contributed by atoms with E-state index in [9.17, 15) is 9.59 Å². The first-order valence-corrected chi connectivity index (χ1v) is 10.4. The zero-order valence-electron chi connectivity index (χ0n) is 15.3. The molecule has 142 valence electrons. The topological polar surface area (TPSA) is 81.3 Å². The molecule has 8 heteroatoms. The zero-order chi connectivity index (χ0) is 19.4. The molecule has 0 unspecified atom stereocenters. The van der Waals surface area contributed by atoms with Gasteiger partial charge in [-0.25, -0.2) is 4.98 Å². The van der Waals surface area contributed by atoms with Crippen molar-refractivity contribution in [2.45, 2.75) is 26.5 Å². The maximum atomic E-state index is 12.2. The Morgan fingerprint density at radius 3 is 2.63 bits per heavy atom. The van der Waals surface area contributed by atoms with Crippen LogP contribution in [0.1, 0.15) is 23.2 Å². The Morgan fingerprint density at radius 2 is 1.93 bits per heavy atom. The van der Waals surface area contributed by atoms with E-state index < -0.39 is 0 Å². The summed E-state index contributed by atoms with van der Waals surface area (Å²) in [5.74, 6) is 2.01. The van der Waals surface area contributed by atoms with Gasteiger partial charge >= 0.3 is 5.97 Å². The number of thioether (sulfide) groups is 1. The lowest BCUT2D eigenvalue weighted by molar-refractivity contribution is -0.131. The number of thiophene rings is 1. The van der Waals surface area contributed by atoms with Gasteiger partial charge in [-0.15, -0.1) is 23.1 Å². The summed E-state index contributed by atoms with van der Waals surface area (Å²) < 4.78 is 10.6. The van der Waals surface area contributed by atoms with Crippen LogP contribution in [-0.4, -0.2) is 28.3 Å². The number of nitrogens with zero attached hydrogens (tertiary/aromatic N) is 1. The number of carbonyl (C=O) groups excluding carboxylic acids is 1. The van der Waals surface area contributed by atoms with Crippen molar-refractivity contribution < 1.29 is 14.3 Å². The van der Waals surface area contributed by atoms with Crippen LogP contribution < -0.4 is 15.0 Å². The minimum atomic E-state index is -0.351. The molecule has 0 aliphatic heterocycles. The van der Waals surface area contributed by atoms with E-state index in [2.05, 4.69) is 9.97 Å². The van der Waals surface area contributed by atoms with Crippen molar-refractivity contribution in [3.05, 3.63) is 50.9 Å². The molecule has 0 fully saturated rings. The number of carbonyl (C=O) groups is 1. The quantitative estimate of drug-likeness (QED) is 0.476. The fraction of sp³-hybridized carbons (Fsp3) is 0.316. The lowest BCUT2D eigenvalue weighted by Gasteiger charge is -2.06. The van der Waals surface area contributed by atoms with Crippen LogP contribution in [0.4, 0.5) is 0 Å². The summed E-state index contributed by atoms with van der Waals surface area (Å²) in [6.07, 6.45) is 0. The molecule has 2 heterocycles. The number of nitrogens with one attached hydrogen (secondary N) is 1. The fourth-order valence-electron chi connectivity index (χ4n) is 2.53. The highest BCUT2D eigenvalue weighted by Crippen LogP contribution is 2.26. The van der Waals surface area contributed by atoms with Gasteiger partial charge in [-0.3, -0.25) is 9.59 Å². The molecule has 0 aliphatic carbocycles. The standard InChI is InChI=1S/C19H20N2O4S2/c1-4-24-13-5-7-14(8-6-13)25-16(22)10-26-9-15-20-18(23)17-11(2)12(3)27-19(17)21-15/h5-8H,4,9-10H2,1-3H3,(H,20,21,23). The normalized spacial score (nSPS) is 10.9. The molecule has 1 N–H and O–H groups in total. The number of aromatic nitrogens is 2. The lowest BCUT2D eigenvalue weighted by Crippen LogP contribution is -2.13. The van der Waals surface area contributed by atoms with E-state index in [0.29, 0.717) is 29.3 Å². The molecular weight excluding hydrogens is 384 g/mol. The van der Waals surface area contributed by atoms with Gasteiger partial charge in [0, 0.05) is 4.88 Å². The summed E-state index contributed by atoms with van der Waals surface area (Å²) >= 11 is 2.86. The van der Waals surface area contributed by atoms with Crippen molar-refractivity contribution in [2.75, 3.05) is 12.4 Å². The molecule has 0 saturated heterocycles. The third-order valence-corrected chi connectivity index (χ3v) is 5.93. The van der Waals surface area contributed by atoms with E-state index in [-0.39, 0.29) is 17.3 Å². The van der Waals surface area contributed by atoms with Gasteiger partial charge in [0.1, 0.15) is 22.2 Å². The SMILES string of the molecule is CCOc1ccc(OC(=O)CSCc2nc3sc(C)c(C)c3c(=O)[nH]2)cc1. The molecule has 0 radical (unpaired) electrons. The molecule has 0 saturated carbocycles. The molecule has 3 aromatic rings. The van der Waals surface area contributed by atoms with Gasteiger partial charge in [-0.1, -0.05) is 0 Å². The molecule has 3 rings (SSSR count). The molecule has 6 nitrogen and oxygen atoms in total. The summed E-state index contributed by atoms with van der Waals surface area (Å²) in [6.45, 7) is 6.40. The number of benzene rings is 1. The maximum absolute atomic E-state index is 12.2. The second kappa shape index (κ2) is 8.58. The van der Waals surface area contributed by atoms with Crippen molar-refractivity contribution in [3.8, 4) is 11.5 Å². The molecule has 0 amide bonds. The Kier molecular flexibility index (Phi) is 6.18. The van der Waals surface area contributed by atoms with E-state index in [4.69, 9.17) is 9.47 Å². The van der Waals surface area contributed by atoms with Crippen molar-refractivity contribution in [3.63, 3.8) is 0 Å². The van der Waals surface area contributed by atoms with Crippen LogP contribution >= 0.6 is 23.1 Å². The van der Waals surface area contributed by atoms with Crippen LogP contribution in [0, 0.1) is 13.8 Å². The minimum Gasteiger partial charge on any atom is -0.494 e. The number of aryl methyl sites for hydroxylation is 2. The van der Waals surface area contributed by atoms with Crippen LogP contribution in [0.25, 0.3) is 10.2 Å². The molecule has 0 atom stereocenters. The van der Waals surface area contributed by atoms with E-state index in [1.165, 1.54) is 23.1 Å². The van der Waals surface area contributed by atoms with Crippen molar-refractivity contribution >= 4 is 39.3 Å². The van der Waals surface area contributed by atoms with E-state index in [1.807, 2.05) is 20.8 Å². The second-order valence-electron chi connectivity index (χ2n) is 5.85. The van der Waals surface area contributed by atoms with Gasteiger partial charge in [0.2, 0.25) is 0 Å². The third kappa shape index (κ3) is 4.70. The molecular formula is C19H20N2O4S2.